The molecule has 3 N–H and O–H groups in total. The second-order valence-electron chi connectivity index (χ2n) is 13.5. The molecule has 0 bridgehead atoms. The first-order chi connectivity index (χ1) is 25.7. The van der Waals surface area contributed by atoms with Gasteiger partial charge in [0.1, 0.15) is 12.4 Å². The van der Waals surface area contributed by atoms with Crippen LogP contribution in [-0.4, -0.2) is 102 Å². The lowest BCUT2D eigenvalue weighted by Gasteiger charge is -2.44. The average molecular weight is 793 g/mol. The van der Waals surface area contributed by atoms with Crippen LogP contribution in [-0.2, 0) is 36.7 Å². The number of carbonyl (C=O) groups is 3. The van der Waals surface area contributed by atoms with Gasteiger partial charge in [-0.15, -0.1) is 0 Å². The lowest BCUT2D eigenvalue weighted by atomic mass is 9.70. The van der Waals surface area contributed by atoms with E-state index in [1.165, 1.54) is 15.4 Å². The summed E-state index contributed by atoms with van der Waals surface area (Å²) >= 11 is 5.04. The number of ether oxygens (including phenoxy) is 2. The molecular formula is C40H61ClN4O8S. The number of aryl methyl sites for hydroxylation is 1. The van der Waals surface area contributed by atoms with Crippen LogP contribution in [0.15, 0.2) is 48.6 Å². The Hall–Kier alpha value is -3.49. The van der Waals surface area contributed by atoms with Crippen LogP contribution in [0.3, 0.4) is 0 Å². The first-order valence-corrected chi connectivity index (χ1v) is 20.2. The fourth-order valence-corrected chi connectivity index (χ4v) is 6.91. The summed E-state index contributed by atoms with van der Waals surface area (Å²) in [6.45, 7) is 11.7. The first-order valence-electron chi connectivity index (χ1n) is 18.7. The third kappa shape index (κ3) is 14.6. The van der Waals surface area contributed by atoms with Crippen LogP contribution in [0.4, 0.5) is 5.69 Å². The molecule has 6 atom stereocenters. The van der Waals surface area contributed by atoms with Gasteiger partial charge >= 0.3 is 5.97 Å². The highest BCUT2D eigenvalue weighted by atomic mass is 35.5. The number of amides is 2. The Morgan fingerprint density at radius 3 is 2.44 bits per heavy atom. The maximum atomic E-state index is 11.6. The third-order valence-electron chi connectivity index (χ3n) is 9.48. The van der Waals surface area contributed by atoms with E-state index in [9.17, 15) is 28.8 Å². The number of rotatable bonds is 17. The largest absolute Gasteiger partial charge is 0.491 e. The molecule has 1 saturated carbocycles. The van der Waals surface area contributed by atoms with Gasteiger partial charge in [0, 0.05) is 58.6 Å². The SMILES string of the molecule is CC.CCCc1cc(Cl)ccc1C1COc2ccc(C(C)O)cc2N(CC2CCC2C(/C=C/CCN(C)C(C)=O)OCC(=O)O)C1.CN(C)S(=O)NC=O. The lowest BCUT2D eigenvalue weighted by molar-refractivity contribution is -0.145. The fourth-order valence-electron chi connectivity index (χ4n) is 6.42. The summed E-state index contributed by atoms with van der Waals surface area (Å²) in [4.78, 5) is 36.6. The molecule has 14 heteroatoms. The highest BCUT2D eigenvalue weighted by molar-refractivity contribution is 7.81. The number of anilines is 1. The second-order valence-corrected chi connectivity index (χ2v) is 15.4. The van der Waals surface area contributed by atoms with Gasteiger partial charge in [0.15, 0.2) is 11.2 Å². The van der Waals surface area contributed by atoms with Gasteiger partial charge in [-0.2, -0.15) is 0 Å². The molecule has 0 saturated heterocycles. The number of nitrogens with zero attached hydrogens (tertiary/aromatic N) is 3. The standard InChI is InChI=1S/C35H47ClN2O6.C3H8N2O2S.C2H6/c1-5-8-26-17-29(36)12-14-30(26)28-20-38(32-18-25(23(2)39)11-15-34(32)43-21-28)19-27-10-13-31(27)33(44-22-35(41)42)9-6-7-16-37(4)24(3)40;1-5(2)8(7)4-3-6;1-2/h6,9,11-12,14-15,17-18,23,27-28,31,33,39H,5,7-8,10,13,16,19-22H2,1-4H3,(H,41,42);3H,1-2H3,(H,4,6);1-2H3/b9-6+;;. The van der Waals surface area contributed by atoms with E-state index in [1.54, 1.807) is 39.9 Å². The Bertz CT molecular complexity index is 1540. The minimum absolute atomic E-state index is 0.00955. The van der Waals surface area contributed by atoms with Crippen LogP contribution in [0, 0.1) is 11.8 Å². The minimum Gasteiger partial charge on any atom is -0.491 e. The van der Waals surface area contributed by atoms with Gasteiger partial charge in [-0.25, -0.2) is 13.3 Å². The number of fused-ring (bicyclic) bond motifs is 1. The Balaban J connectivity index is 0.000000893. The number of hydrogen-bond donors (Lipinski definition) is 3. The number of carboxylic acids is 1. The number of hydrogen-bond acceptors (Lipinski definition) is 8. The van der Waals surface area contributed by atoms with Crippen molar-refractivity contribution in [2.75, 3.05) is 58.9 Å². The molecule has 0 spiro atoms. The van der Waals surface area contributed by atoms with Gasteiger partial charge in [-0.05, 0) is 85.4 Å². The number of nitrogens with one attached hydrogen (secondary N) is 1. The Morgan fingerprint density at radius 2 is 1.89 bits per heavy atom. The molecule has 0 aromatic heterocycles. The summed E-state index contributed by atoms with van der Waals surface area (Å²) in [7, 11) is 4.98. The predicted octanol–water partition coefficient (Wildman–Crippen LogP) is 6.15. The molecule has 54 heavy (non-hydrogen) atoms. The number of carboxylic acid groups (broad SMARTS) is 1. The number of halogens is 1. The van der Waals surface area contributed by atoms with Gasteiger partial charge in [-0.3, -0.25) is 14.3 Å². The third-order valence-corrected chi connectivity index (χ3v) is 10.7. The van der Waals surface area contributed by atoms with Crippen molar-refractivity contribution in [1.29, 1.82) is 0 Å². The smallest absolute Gasteiger partial charge is 0.329 e. The van der Waals surface area contributed by atoms with E-state index >= 15 is 0 Å². The number of carbonyl (C=O) groups excluding carboxylic acids is 2. The topological polar surface area (TPSA) is 149 Å². The van der Waals surface area contributed by atoms with Gasteiger partial charge < -0.3 is 29.5 Å². The van der Waals surface area contributed by atoms with Crippen LogP contribution in [0.1, 0.15) is 89.0 Å². The highest BCUT2D eigenvalue weighted by Crippen LogP contribution is 2.43. The zero-order chi connectivity index (χ0) is 40.4. The first kappa shape index (κ1) is 46.7. The second kappa shape index (κ2) is 24.1. The van der Waals surface area contributed by atoms with Crippen molar-refractivity contribution in [1.82, 2.24) is 13.9 Å². The normalized spacial score (nSPS) is 19.3. The molecule has 302 valence electrons. The molecule has 2 aromatic carbocycles. The van der Waals surface area contributed by atoms with Gasteiger partial charge in [0.2, 0.25) is 12.3 Å². The van der Waals surface area contributed by atoms with Crippen LogP contribution < -0.4 is 14.4 Å². The number of aliphatic hydroxyl groups is 1. The molecule has 2 aromatic rings. The molecule has 4 rings (SSSR count). The van der Waals surface area contributed by atoms with Crippen molar-refractivity contribution in [3.8, 4) is 5.75 Å². The molecule has 1 aliphatic heterocycles. The van der Waals surface area contributed by atoms with E-state index in [2.05, 4.69) is 28.7 Å². The van der Waals surface area contributed by atoms with Crippen LogP contribution in [0.5, 0.6) is 5.75 Å². The summed E-state index contributed by atoms with van der Waals surface area (Å²) in [6.07, 6.45) is 8.01. The highest BCUT2D eigenvalue weighted by Gasteiger charge is 2.39. The van der Waals surface area contributed by atoms with Crippen LogP contribution in [0.25, 0.3) is 0 Å². The van der Waals surface area contributed by atoms with Gasteiger partial charge in [-0.1, -0.05) is 63.1 Å². The molecular weight excluding hydrogens is 732 g/mol. The molecule has 2 aliphatic rings. The quantitative estimate of drug-likeness (QED) is 0.127. The van der Waals surface area contributed by atoms with Gasteiger partial charge in [0.25, 0.3) is 0 Å². The predicted molar refractivity (Wildman–Crippen MR) is 216 cm³/mol. The van der Waals surface area contributed by atoms with Crippen LogP contribution in [0.2, 0.25) is 5.02 Å². The Kier molecular flexibility index (Phi) is 20.8. The molecule has 12 nitrogen and oxygen atoms in total. The molecule has 1 aliphatic carbocycles. The summed E-state index contributed by atoms with van der Waals surface area (Å²) in [6, 6.07) is 12.1. The summed E-state index contributed by atoms with van der Waals surface area (Å²) in [5.41, 5.74) is 4.29. The monoisotopic (exact) mass is 792 g/mol. The van der Waals surface area contributed by atoms with Crippen molar-refractivity contribution >= 4 is 46.7 Å². The summed E-state index contributed by atoms with van der Waals surface area (Å²) in [5.74, 6) is 0.372. The van der Waals surface area contributed by atoms with Crippen molar-refractivity contribution < 1.29 is 38.3 Å². The average Bonchev–Trinajstić information content (AvgIpc) is 3.30. The molecule has 1 heterocycles. The number of aliphatic hydroxyl groups excluding tert-OH is 1. The van der Waals surface area contributed by atoms with E-state index in [4.69, 9.17) is 21.1 Å². The van der Waals surface area contributed by atoms with Crippen molar-refractivity contribution in [3.05, 3.63) is 70.3 Å². The van der Waals surface area contributed by atoms with E-state index in [0.29, 0.717) is 26.0 Å². The molecule has 6 unspecified atom stereocenters. The Labute approximate surface area is 329 Å². The zero-order valence-corrected chi connectivity index (χ0v) is 34.7. The van der Waals surface area contributed by atoms with E-state index in [0.717, 1.165) is 60.8 Å². The lowest BCUT2D eigenvalue weighted by Crippen LogP contribution is -2.45. The minimum atomic E-state index is -1.36. The maximum Gasteiger partial charge on any atom is 0.329 e. The van der Waals surface area contributed by atoms with Crippen LogP contribution >= 0.6 is 11.6 Å². The summed E-state index contributed by atoms with van der Waals surface area (Å²) in [5, 5.41) is 20.5. The van der Waals surface area contributed by atoms with E-state index < -0.39 is 23.2 Å². The maximum absolute atomic E-state index is 11.6. The van der Waals surface area contributed by atoms with E-state index in [-0.39, 0.29) is 36.4 Å². The molecule has 2 amide bonds. The Morgan fingerprint density at radius 1 is 1.17 bits per heavy atom. The van der Waals surface area contributed by atoms with Crippen molar-refractivity contribution in [2.24, 2.45) is 11.8 Å². The van der Waals surface area contributed by atoms with E-state index in [1.807, 2.05) is 50.3 Å². The summed E-state index contributed by atoms with van der Waals surface area (Å²) < 4.78 is 26.2. The molecule has 0 radical (unpaired) electrons. The molecule has 1 fully saturated rings. The zero-order valence-electron chi connectivity index (χ0n) is 33.1. The van der Waals surface area contributed by atoms with Crippen molar-refractivity contribution in [3.63, 3.8) is 0 Å². The fraction of sp³-hybridized carbons (Fsp3) is 0.575. The number of benzene rings is 2. The van der Waals surface area contributed by atoms with Crippen molar-refractivity contribution in [2.45, 2.75) is 84.8 Å². The van der Waals surface area contributed by atoms with Gasteiger partial charge in [0.05, 0.1) is 24.5 Å². The number of aliphatic carboxylic acids is 1.